The summed E-state index contributed by atoms with van der Waals surface area (Å²) in [5.41, 5.74) is 3.86. The second-order valence-corrected chi connectivity index (χ2v) is 9.94. The number of carbonyl (C=O) groups excluding carboxylic acids is 2. The largest absolute Gasteiger partial charge is 0.478 e. The van der Waals surface area contributed by atoms with Crippen molar-refractivity contribution in [3.63, 3.8) is 0 Å². The van der Waals surface area contributed by atoms with Gasteiger partial charge in [-0.25, -0.2) is 19.6 Å². The summed E-state index contributed by atoms with van der Waals surface area (Å²) in [5.74, 6) is -1.87. The zero-order valence-electron chi connectivity index (χ0n) is 21.4. The van der Waals surface area contributed by atoms with Crippen molar-refractivity contribution >= 4 is 51.6 Å². The molecule has 1 aromatic carbocycles. The molecule has 0 amide bonds. The summed E-state index contributed by atoms with van der Waals surface area (Å²) in [7, 11) is 1.36. The maximum absolute atomic E-state index is 12.2. The second-order valence-electron chi connectivity index (χ2n) is 8.84. The quantitative estimate of drug-likeness (QED) is 0.169. The smallest absolute Gasteiger partial charge is 0.389 e. The summed E-state index contributed by atoms with van der Waals surface area (Å²) in [6.45, 7) is 0. The number of carboxylic acid groups (broad SMARTS) is 1. The lowest BCUT2D eigenvalue weighted by Crippen LogP contribution is -2.12. The van der Waals surface area contributed by atoms with Crippen molar-refractivity contribution in [2.24, 2.45) is 0 Å². The molecule has 0 aliphatic rings. The minimum atomic E-state index is -4.34. The Hall–Kier alpha value is -4.27. The highest BCUT2D eigenvalue weighted by atomic mass is 127. The summed E-state index contributed by atoms with van der Waals surface area (Å²) in [6.07, 6.45) is 0.625. The van der Waals surface area contributed by atoms with Gasteiger partial charge in [-0.15, -0.1) is 0 Å². The van der Waals surface area contributed by atoms with Gasteiger partial charge in [0.05, 0.1) is 42.7 Å². The Morgan fingerprint density at radius 1 is 0.951 bits per heavy atom. The van der Waals surface area contributed by atoms with Crippen LogP contribution in [-0.2, 0) is 16.0 Å². The van der Waals surface area contributed by atoms with Crippen molar-refractivity contribution in [1.82, 2.24) is 18.8 Å². The minimum Gasteiger partial charge on any atom is -0.478 e. The molecule has 0 saturated carbocycles. The van der Waals surface area contributed by atoms with Crippen LogP contribution < -0.4 is 0 Å². The van der Waals surface area contributed by atoms with Gasteiger partial charge < -0.3 is 9.84 Å². The van der Waals surface area contributed by atoms with E-state index in [4.69, 9.17) is 5.11 Å². The molecule has 0 spiro atoms. The number of fused-ring (bicyclic) bond motifs is 2. The predicted octanol–water partition coefficient (Wildman–Crippen LogP) is 5.88. The number of ether oxygens (including phenoxy) is 1. The first kappa shape index (κ1) is 29.7. The van der Waals surface area contributed by atoms with Crippen molar-refractivity contribution in [1.29, 1.82) is 0 Å². The van der Waals surface area contributed by atoms with Gasteiger partial charge in [0.25, 0.3) is 0 Å². The molecular formula is C28H22F3IN4O5. The Morgan fingerprint density at radius 3 is 2.32 bits per heavy atom. The van der Waals surface area contributed by atoms with Crippen molar-refractivity contribution in [3.8, 4) is 11.3 Å². The Labute approximate surface area is 244 Å². The van der Waals surface area contributed by atoms with Crippen LogP contribution in [0.5, 0.6) is 0 Å². The number of ketones is 1. The highest BCUT2D eigenvalue weighted by Gasteiger charge is 2.27. The van der Waals surface area contributed by atoms with E-state index in [1.807, 2.05) is 4.40 Å². The molecular weight excluding hydrogens is 656 g/mol. The van der Waals surface area contributed by atoms with Crippen LogP contribution in [-0.4, -0.2) is 54.9 Å². The molecule has 0 saturated heterocycles. The molecule has 9 nitrogen and oxygen atoms in total. The maximum atomic E-state index is 12.2. The number of hydrogen-bond donors (Lipinski definition) is 1. The van der Waals surface area contributed by atoms with E-state index in [1.54, 1.807) is 65.6 Å². The maximum Gasteiger partial charge on any atom is 0.389 e. The number of rotatable bonds is 7. The topological polar surface area (TPSA) is 115 Å². The number of aromatic carboxylic acids is 1. The molecule has 0 fully saturated rings. The molecule has 4 aromatic heterocycles. The van der Waals surface area contributed by atoms with Gasteiger partial charge in [-0.05, 0) is 58.5 Å². The number of alkyl halides is 3. The fourth-order valence-corrected chi connectivity index (χ4v) is 4.51. The predicted molar refractivity (Wildman–Crippen MR) is 151 cm³/mol. The van der Waals surface area contributed by atoms with E-state index in [2.05, 4.69) is 37.3 Å². The zero-order chi connectivity index (χ0) is 29.7. The number of Topliss-reactive ketones (excluding diaryl/α,β-unsaturated/α-hetero) is 1. The molecule has 13 heteroatoms. The van der Waals surface area contributed by atoms with E-state index in [0.717, 1.165) is 14.9 Å². The van der Waals surface area contributed by atoms with Gasteiger partial charge >= 0.3 is 18.1 Å². The molecule has 41 heavy (non-hydrogen) atoms. The summed E-state index contributed by atoms with van der Waals surface area (Å²) in [6, 6.07) is 13.2. The standard InChI is InChI=1S/C19H15F3N2O3.C9H7IN2O2/c20-19(21,22)6-4-15(25)9-12-2-1-3-13(8-12)16-11-23-17-10-14(18(26)27)5-7-24(16)17;1-14-9(13)6-2-3-12-7(10)5-11-8(12)4-6/h1-3,5,7-8,10-11H,4,6,9H2,(H,26,27);2-5H,1H3. The molecule has 1 N–H and O–H groups in total. The van der Waals surface area contributed by atoms with Crippen molar-refractivity contribution < 1.29 is 37.4 Å². The number of carbonyl (C=O) groups is 3. The van der Waals surface area contributed by atoms with Crippen molar-refractivity contribution in [2.75, 3.05) is 7.11 Å². The molecule has 212 valence electrons. The van der Waals surface area contributed by atoms with E-state index in [-0.39, 0.29) is 18.0 Å². The summed E-state index contributed by atoms with van der Waals surface area (Å²) < 4.78 is 45.9. The number of halogens is 4. The van der Waals surface area contributed by atoms with E-state index in [9.17, 15) is 27.6 Å². The Balaban J connectivity index is 0.000000231. The number of esters is 1. The third-order valence-corrected chi connectivity index (χ3v) is 6.76. The van der Waals surface area contributed by atoms with E-state index in [0.29, 0.717) is 22.5 Å². The lowest BCUT2D eigenvalue weighted by molar-refractivity contribution is -0.143. The molecule has 5 aromatic rings. The summed E-state index contributed by atoms with van der Waals surface area (Å²) in [4.78, 5) is 42.4. The lowest BCUT2D eigenvalue weighted by atomic mass is 10.0. The summed E-state index contributed by atoms with van der Waals surface area (Å²) in [5, 5.41) is 9.04. The van der Waals surface area contributed by atoms with Crippen LogP contribution in [0.3, 0.4) is 0 Å². The van der Waals surface area contributed by atoms with Crippen LogP contribution >= 0.6 is 22.6 Å². The average molecular weight is 678 g/mol. The van der Waals surface area contributed by atoms with Gasteiger partial charge in [0, 0.05) is 30.8 Å². The van der Waals surface area contributed by atoms with Crippen molar-refractivity contribution in [3.05, 3.63) is 93.7 Å². The van der Waals surface area contributed by atoms with Gasteiger partial charge in [-0.1, -0.05) is 18.2 Å². The Morgan fingerprint density at radius 2 is 1.61 bits per heavy atom. The fourth-order valence-electron chi connectivity index (χ4n) is 3.96. The molecule has 0 aliphatic carbocycles. The molecule has 0 unspecified atom stereocenters. The SMILES string of the molecule is COC(=O)c1ccn2c(I)cnc2c1.O=C(CCC(F)(F)F)Cc1cccc(-c2cnc3cc(C(=O)O)ccn23)c1. The number of carboxylic acids is 1. The zero-order valence-corrected chi connectivity index (χ0v) is 23.6. The third kappa shape index (κ3) is 7.48. The van der Waals surface area contributed by atoms with E-state index >= 15 is 0 Å². The van der Waals surface area contributed by atoms with Gasteiger partial charge in [0.15, 0.2) is 0 Å². The Kier molecular flexibility index (Phi) is 9.05. The lowest BCUT2D eigenvalue weighted by Gasteiger charge is -2.07. The van der Waals surface area contributed by atoms with E-state index < -0.39 is 30.8 Å². The molecule has 0 atom stereocenters. The van der Waals surface area contributed by atoms with Gasteiger partial charge in [0.1, 0.15) is 20.8 Å². The number of benzene rings is 1. The molecule has 0 radical (unpaired) electrons. The molecule has 0 bridgehead atoms. The molecule has 5 rings (SSSR count). The highest BCUT2D eigenvalue weighted by molar-refractivity contribution is 14.1. The van der Waals surface area contributed by atoms with Crippen LogP contribution in [0.4, 0.5) is 13.2 Å². The normalized spacial score (nSPS) is 11.2. The number of pyridine rings is 2. The van der Waals surface area contributed by atoms with E-state index in [1.165, 1.54) is 19.2 Å². The first-order valence-electron chi connectivity index (χ1n) is 12.0. The van der Waals surface area contributed by atoms with Crippen LogP contribution in [0, 0.1) is 3.70 Å². The average Bonchev–Trinajstić information content (AvgIpc) is 3.54. The highest BCUT2D eigenvalue weighted by Crippen LogP contribution is 2.24. The number of hydrogen-bond acceptors (Lipinski definition) is 6. The van der Waals surface area contributed by atoms with Crippen LogP contribution in [0.25, 0.3) is 22.6 Å². The number of nitrogens with zero attached hydrogens (tertiary/aromatic N) is 4. The minimum absolute atomic E-state index is 0.0795. The van der Waals surface area contributed by atoms with Crippen LogP contribution in [0.1, 0.15) is 39.1 Å². The first-order chi connectivity index (χ1) is 19.4. The first-order valence-corrected chi connectivity index (χ1v) is 13.1. The Bertz CT molecular complexity index is 1750. The number of methoxy groups -OCH3 is 1. The number of imidazole rings is 2. The summed E-state index contributed by atoms with van der Waals surface area (Å²) >= 11 is 2.18. The van der Waals surface area contributed by atoms with Gasteiger partial charge in [0.2, 0.25) is 0 Å². The van der Waals surface area contributed by atoms with Gasteiger partial charge in [-0.3, -0.25) is 13.6 Å². The van der Waals surface area contributed by atoms with Crippen molar-refractivity contribution in [2.45, 2.75) is 25.4 Å². The fraction of sp³-hybridized carbons (Fsp3) is 0.179. The second kappa shape index (κ2) is 12.5. The van der Waals surface area contributed by atoms with Gasteiger partial charge in [-0.2, -0.15) is 13.2 Å². The monoisotopic (exact) mass is 678 g/mol. The third-order valence-electron chi connectivity index (χ3n) is 5.96. The number of aromatic nitrogens is 4. The molecule has 0 aliphatic heterocycles. The van der Waals surface area contributed by atoms with Crippen LogP contribution in [0.2, 0.25) is 0 Å². The molecule has 4 heterocycles. The van der Waals surface area contributed by atoms with Crippen LogP contribution in [0.15, 0.2) is 73.3 Å².